The van der Waals surface area contributed by atoms with E-state index >= 15 is 0 Å². The van der Waals surface area contributed by atoms with E-state index in [4.69, 9.17) is 5.11 Å². The first-order chi connectivity index (χ1) is 8.32. The molecule has 2 atom stereocenters. The highest BCUT2D eigenvalue weighted by Crippen LogP contribution is 2.13. The van der Waals surface area contributed by atoms with Gasteiger partial charge in [0, 0.05) is 13.5 Å². The van der Waals surface area contributed by atoms with Gasteiger partial charge in [-0.2, -0.15) is 4.39 Å². The van der Waals surface area contributed by atoms with Gasteiger partial charge < -0.3 is 5.11 Å². The zero-order valence-corrected chi connectivity index (χ0v) is 9.68. The van der Waals surface area contributed by atoms with Crippen molar-refractivity contribution in [3.63, 3.8) is 0 Å². The number of likely N-dealkylation sites (N-methyl/N-ethyl adjacent to an activating group) is 1. The average Bonchev–Trinajstić information content (AvgIpc) is 2.51. The number of carboxylic acids is 1. The zero-order chi connectivity index (χ0) is 13.9. The minimum atomic E-state index is -1.74. The Kier molecular flexibility index (Phi) is 4.49. The summed E-state index contributed by atoms with van der Waals surface area (Å²) in [6.45, 7) is 0. The summed E-state index contributed by atoms with van der Waals surface area (Å²) in [7, 11) is 1.29. The lowest BCUT2D eigenvalue weighted by Crippen LogP contribution is -2.46. The van der Waals surface area contributed by atoms with Crippen LogP contribution in [0.4, 0.5) is 4.39 Å². The van der Waals surface area contributed by atoms with E-state index in [0.29, 0.717) is 0 Å². The Labute approximate surface area is 102 Å². The van der Waals surface area contributed by atoms with Crippen molar-refractivity contribution in [1.82, 2.24) is 10.2 Å². The van der Waals surface area contributed by atoms with Crippen LogP contribution in [0.5, 0.6) is 0 Å². The predicted molar refractivity (Wildman–Crippen MR) is 56.1 cm³/mol. The van der Waals surface area contributed by atoms with Gasteiger partial charge in [-0.3, -0.25) is 29.4 Å². The molecule has 1 aliphatic rings. The lowest BCUT2D eigenvalue weighted by Gasteiger charge is -2.16. The maximum Gasteiger partial charge on any atom is 0.318 e. The zero-order valence-electron chi connectivity index (χ0n) is 9.68. The van der Waals surface area contributed by atoms with E-state index in [1.807, 2.05) is 0 Å². The molecule has 1 saturated heterocycles. The van der Waals surface area contributed by atoms with Crippen molar-refractivity contribution >= 4 is 23.8 Å². The van der Waals surface area contributed by atoms with Gasteiger partial charge in [0.2, 0.25) is 11.8 Å². The fourth-order valence-corrected chi connectivity index (χ4v) is 1.66. The fourth-order valence-electron chi connectivity index (χ4n) is 1.66. The van der Waals surface area contributed by atoms with Gasteiger partial charge in [-0.05, 0) is 6.42 Å². The number of carbonyl (C=O) groups excluding carboxylic acids is 3. The first-order valence-corrected chi connectivity index (χ1v) is 5.30. The Bertz CT molecular complexity index is 398. The van der Waals surface area contributed by atoms with Crippen molar-refractivity contribution in [3.05, 3.63) is 0 Å². The van der Waals surface area contributed by atoms with Crippen LogP contribution in [0.15, 0.2) is 0 Å². The maximum atomic E-state index is 12.7. The normalized spacial score (nSPS) is 21.2. The van der Waals surface area contributed by atoms with Crippen LogP contribution in [-0.4, -0.2) is 53.0 Å². The molecular formula is C10H13FN2O5. The molecule has 0 saturated carbocycles. The van der Waals surface area contributed by atoms with Crippen LogP contribution < -0.4 is 5.32 Å². The largest absolute Gasteiger partial charge is 0.481 e. The van der Waals surface area contributed by atoms with Gasteiger partial charge in [0.25, 0.3) is 0 Å². The van der Waals surface area contributed by atoms with E-state index in [1.54, 1.807) is 0 Å². The molecule has 2 amide bonds. The van der Waals surface area contributed by atoms with Crippen LogP contribution in [-0.2, 0) is 19.2 Å². The van der Waals surface area contributed by atoms with Gasteiger partial charge in [-0.25, -0.2) is 0 Å². The fraction of sp³-hybridized carbons (Fsp3) is 0.600. The van der Waals surface area contributed by atoms with Gasteiger partial charge in [0.15, 0.2) is 0 Å². The Balaban J connectivity index is 2.62. The van der Waals surface area contributed by atoms with Crippen LogP contribution in [0.3, 0.4) is 0 Å². The molecule has 0 aromatic carbocycles. The van der Waals surface area contributed by atoms with Crippen molar-refractivity contribution in [2.45, 2.75) is 31.3 Å². The van der Waals surface area contributed by atoms with E-state index in [9.17, 15) is 23.6 Å². The maximum absolute atomic E-state index is 12.7. The number of aliphatic carboxylic acids is 1. The summed E-state index contributed by atoms with van der Waals surface area (Å²) in [5, 5.41) is 10.8. The number of rotatable bonds is 6. The van der Waals surface area contributed by atoms with Gasteiger partial charge in [0.05, 0.1) is 18.5 Å². The lowest BCUT2D eigenvalue weighted by atomic mass is 10.1. The monoisotopic (exact) mass is 260 g/mol. The van der Waals surface area contributed by atoms with Crippen LogP contribution in [0.25, 0.3) is 0 Å². The molecule has 1 heterocycles. The van der Waals surface area contributed by atoms with Crippen LogP contribution in [0, 0.1) is 0 Å². The Hall–Kier alpha value is -1.83. The van der Waals surface area contributed by atoms with Crippen molar-refractivity contribution in [2.75, 3.05) is 7.05 Å². The highest BCUT2D eigenvalue weighted by molar-refractivity contribution is 6.05. The molecule has 0 aromatic rings. The smallest absolute Gasteiger partial charge is 0.318 e. The van der Waals surface area contributed by atoms with E-state index in [-0.39, 0.29) is 12.8 Å². The third-order valence-corrected chi connectivity index (χ3v) is 2.70. The quantitative estimate of drug-likeness (QED) is 0.472. The molecule has 0 radical (unpaired) electrons. The molecule has 0 spiro atoms. The SMILES string of the molecule is CN1C(=O)CC(N[C@@H](CCC(=O)O)C(=O)F)C1=O. The van der Waals surface area contributed by atoms with Crippen LogP contribution in [0.2, 0.25) is 0 Å². The number of hydrogen-bond donors (Lipinski definition) is 2. The molecule has 0 bridgehead atoms. The number of amides is 2. The molecular weight excluding hydrogens is 247 g/mol. The third-order valence-electron chi connectivity index (χ3n) is 2.70. The van der Waals surface area contributed by atoms with Crippen LogP contribution >= 0.6 is 0 Å². The number of likely N-dealkylation sites (tertiary alicyclic amines) is 1. The van der Waals surface area contributed by atoms with E-state index in [2.05, 4.69) is 5.32 Å². The Morgan fingerprint density at radius 3 is 2.56 bits per heavy atom. The number of imide groups is 1. The minimum absolute atomic E-state index is 0.161. The predicted octanol–water partition coefficient (Wildman–Crippen LogP) is -0.937. The number of halogens is 1. The highest BCUT2D eigenvalue weighted by atomic mass is 19.1. The minimum Gasteiger partial charge on any atom is -0.481 e. The second-order valence-electron chi connectivity index (χ2n) is 4.00. The highest BCUT2D eigenvalue weighted by Gasteiger charge is 2.38. The molecule has 0 aliphatic carbocycles. The number of carboxylic acid groups (broad SMARTS) is 1. The number of nitrogens with one attached hydrogen (secondary N) is 1. The summed E-state index contributed by atoms with van der Waals surface area (Å²) < 4.78 is 12.7. The Morgan fingerprint density at radius 2 is 2.17 bits per heavy atom. The van der Waals surface area contributed by atoms with Crippen molar-refractivity contribution in [3.8, 4) is 0 Å². The summed E-state index contributed by atoms with van der Waals surface area (Å²) in [5.41, 5.74) is 0. The third kappa shape index (κ3) is 3.33. The second-order valence-corrected chi connectivity index (χ2v) is 4.00. The van der Waals surface area contributed by atoms with Gasteiger partial charge >= 0.3 is 12.0 Å². The van der Waals surface area contributed by atoms with Gasteiger partial charge in [-0.1, -0.05) is 0 Å². The van der Waals surface area contributed by atoms with E-state index in [0.717, 1.165) is 4.90 Å². The summed E-state index contributed by atoms with van der Waals surface area (Å²) in [6, 6.07) is -4.10. The first kappa shape index (κ1) is 14.2. The molecule has 8 heteroatoms. The second kappa shape index (κ2) is 5.67. The van der Waals surface area contributed by atoms with Gasteiger partial charge in [-0.15, -0.1) is 0 Å². The Morgan fingerprint density at radius 1 is 1.56 bits per heavy atom. The number of hydrogen-bond acceptors (Lipinski definition) is 5. The van der Waals surface area contributed by atoms with E-state index < -0.39 is 42.3 Å². The average molecular weight is 260 g/mol. The lowest BCUT2D eigenvalue weighted by molar-refractivity contribution is -0.138. The molecule has 1 aliphatic heterocycles. The van der Waals surface area contributed by atoms with Crippen molar-refractivity contribution in [1.29, 1.82) is 0 Å². The molecule has 100 valence electrons. The summed E-state index contributed by atoms with van der Waals surface area (Å²) in [5.74, 6) is -2.16. The molecule has 1 unspecified atom stereocenters. The topological polar surface area (TPSA) is 104 Å². The van der Waals surface area contributed by atoms with E-state index in [1.165, 1.54) is 7.05 Å². The molecule has 1 fully saturated rings. The molecule has 7 nitrogen and oxygen atoms in total. The summed E-state index contributed by atoms with van der Waals surface area (Å²) in [4.78, 5) is 44.6. The molecule has 18 heavy (non-hydrogen) atoms. The van der Waals surface area contributed by atoms with Gasteiger partial charge in [0.1, 0.15) is 0 Å². The molecule has 0 aromatic heterocycles. The summed E-state index contributed by atoms with van der Waals surface area (Å²) in [6.07, 6.45) is -0.837. The molecule has 2 N–H and O–H groups in total. The molecule has 1 rings (SSSR count). The van der Waals surface area contributed by atoms with Crippen molar-refractivity contribution < 1.29 is 28.7 Å². The first-order valence-electron chi connectivity index (χ1n) is 5.30. The van der Waals surface area contributed by atoms with Crippen molar-refractivity contribution in [2.24, 2.45) is 0 Å². The number of nitrogens with zero attached hydrogens (tertiary/aromatic N) is 1. The number of carbonyl (C=O) groups is 4. The summed E-state index contributed by atoms with van der Waals surface area (Å²) >= 11 is 0. The standard InChI is InChI=1S/C10H13FN2O5/c1-13-7(14)4-6(10(13)18)12-5(9(11)17)2-3-8(15)16/h5-6,12H,2-4H2,1H3,(H,15,16)/t5-,6?/m0/s1. The van der Waals surface area contributed by atoms with Crippen LogP contribution in [0.1, 0.15) is 19.3 Å².